The molecule has 1 aromatic rings. The van der Waals surface area contributed by atoms with E-state index in [0.717, 1.165) is 24.3 Å². The Hall–Kier alpha value is -0.560. The third kappa shape index (κ3) is 4.21. The van der Waals surface area contributed by atoms with Crippen molar-refractivity contribution >= 4 is 21.8 Å². The number of thioether (sulfide) groups is 1. The maximum Gasteiger partial charge on any atom is 0.240 e. The summed E-state index contributed by atoms with van der Waals surface area (Å²) < 4.78 is 26.9. The Balaban J connectivity index is 1.97. The summed E-state index contributed by atoms with van der Waals surface area (Å²) in [4.78, 5) is 0.343. The third-order valence-electron chi connectivity index (χ3n) is 3.14. The Bertz CT molecular complexity index is 494. The lowest BCUT2D eigenvalue weighted by Crippen LogP contribution is -2.29. The molecule has 2 rings (SSSR count). The number of benzene rings is 1. The number of sulfonamides is 1. The molecule has 1 fully saturated rings. The van der Waals surface area contributed by atoms with E-state index in [2.05, 4.69) is 10.0 Å². The molecular formula is C13H20N2O2S2. The standard InChI is InChI=1S/C13H20N2O2S2/c1-14-9-11-4-6-13(7-5-11)19(16,17)15-10-12-3-2-8-18-12/h4-7,12,14-15H,2-3,8-10H2,1H3. The average molecular weight is 300 g/mol. The van der Waals surface area contributed by atoms with Crippen molar-refractivity contribution in [2.75, 3.05) is 19.3 Å². The zero-order valence-electron chi connectivity index (χ0n) is 11.1. The summed E-state index contributed by atoms with van der Waals surface area (Å²) in [6.45, 7) is 1.28. The summed E-state index contributed by atoms with van der Waals surface area (Å²) in [5.74, 6) is 1.14. The van der Waals surface area contributed by atoms with Gasteiger partial charge in [0.1, 0.15) is 0 Å². The molecule has 1 unspecified atom stereocenters. The molecule has 0 bridgehead atoms. The van der Waals surface area contributed by atoms with Gasteiger partial charge in [-0.05, 0) is 43.3 Å². The molecule has 1 aliphatic rings. The van der Waals surface area contributed by atoms with Gasteiger partial charge in [0.05, 0.1) is 4.90 Å². The maximum atomic E-state index is 12.1. The molecule has 1 atom stereocenters. The normalized spacial score (nSPS) is 19.7. The SMILES string of the molecule is CNCc1ccc(S(=O)(=O)NCC2CCCS2)cc1. The predicted molar refractivity (Wildman–Crippen MR) is 79.9 cm³/mol. The molecule has 19 heavy (non-hydrogen) atoms. The average Bonchev–Trinajstić information content (AvgIpc) is 2.91. The highest BCUT2D eigenvalue weighted by atomic mass is 32.2. The summed E-state index contributed by atoms with van der Waals surface area (Å²) in [6.07, 6.45) is 2.30. The van der Waals surface area contributed by atoms with Gasteiger partial charge in [0.25, 0.3) is 0 Å². The van der Waals surface area contributed by atoms with Crippen LogP contribution in [0.15, 0.2) is 29.2 Å². The zero-order valence-corrected chi connectivity index (χ0v) is 12.7. The lowest BCUT2D eigenvalue weighted by Gasteiger charge is -2.11. The lowest BCUT2D eigenvalue weighted by molar-refractivity contribution is 0.579. The minimum atomic E-state index is -3.36. The fourth-order valence-electron chi connectivity index (χ4n) is 2.08. The molecule has 0 aromatic heterocycles. The van der Waals surface area contributed by atoms with Gasteiger partial charge in [0, 0.05) is 18.3 Å². The monoisotopic (exact) mass is 300 g/mol. The van der Waals surface area contributed by atoms with E-state index in [9.17, 15) is 8.42 Å². The molecule has 1 saturated heterocycles. The number of hydrogen-bond acceptors (Lipinski definition) is 4. The van der Waals surface area contributed by atoms with Gasteiger partial charge >= 0.3 is 0 Å². The minimum absolute atomic E-state index is 0.343. The highest BCUT2D eigenvalue weighted by Gasteiger charge is 2.19. The molecule has 1 heterocycles. The van der Waals surface area contributed by atoms with E-state index < -0.39 is 10.0 Å². The topological polar surface area (TPSA) is 58.2 Å². The molecule has 1 aromatic carbocycles. The third-order valence-corrected chi connectivity index (χ3v) is 5.98. The van der Waals surface area contributed by atoms with Crippen LogP contribution in [0.1, 0.15) is 18.4 Å². The van der Waals surface area contributed by atoms with E-state index in [1.54, 1.807) is 12.1 Å². The van der Waals surface area contributed by atoms with E-state index in [-0.39, 0.29) is 0 Å². The van der Waals surface area contributed by atoms with Crippen molar-refractivity contribution in [3.63, 3.8) is 0 Å². The van der Waals surface area contributed by atoms with Crippen molar-refractivity contribution in [2.24, 2.45) is 0 Å². The van der Waals surface area contributed by atoms with Gasteiger partial charge in [-0.1, -0.05) is 12.1 Å². The molecule has 1 aliphatic heterocycles. The van der Waals surface area contributed by atoms with Gasteiger partial charge in [-0.3, -0.25) is 0 Å². The Morgan fingerprint density at radius 2 is 2.05 bits per heavy atom. The molecule has 0 amide bonds. The van der Waals surface area contributed by atoms with Crippen LogP contribution in [0.2, 0.25) is 0 Å². The number of nitrogens with one attached hydrogen (secondary N) is 2. The van der Waals surface area contributed by atoms with E-state index in [4.69, 9.17) is 0 Å². The molecule has 106 valence electrons. The quantitative estimate of drug-likeness (QED) is 0.837. The van der Waals surface area contributed by atoms with Crippen LogP contribution in [0, 0.1) is 0 Å². The first kappa shape index (κ1) is 14.8. The molecule has 0 aliphatic carbocycles. The highest BCUT2D eigenvalue weighted by molar-refractivity contribution is 8.00. The van der Waals surface area contributed by atoms with Gasteiger partial charge in [-0.25, -0.2) is 13.1 Å². The van der Waals surface area contributed by atoms with Gasteiger partial charge in [0.2, 0.25) is 10.0 Å². The summed E-state index contributed by atoms with van der Waals surface area (Å²) in [7, 11) is -1.50. The van der Waals surface area contributed by atoms with E-state index in [1.165, 1.54) is 6.42 Å². The molecule has 0 radical (unpaired) electrons. The number of hydrogen-bond donors (Lipinski definition) is 2. The fourth-order valence-corrected chi connectivity index (χ4v) is 4.47. The number of rotatable bonds is 6. The summed E-state index contributed by atoms with van der Waals surface area (Å²) >= 11 is 1.85. The first-order chi connectivity index (χ1) is 9.12. The van der Waals surface area contributed by atoms with E-state index >= 15 is 0 Å². The van der Waals surface area contributed by atoms with Crippen LogP contribution >= 0.6 is 11.8 Å². The van der Waals surface area contributed by atoms with Crippen molar-refractivity contribution in [3.05, 3.63) is 29.8 Å². The van der Waals surface area contributed by atoms with Gasteiger partial charge in [-0.2, -0.15) is 11.8 Å². The summed E-state index contributed by atoms with van der Waals surface area (Å²) in [6, 6.07) is 7.01. The van der Waals surface area contributed by atoms with Crippen LogP contribution in [-0.2, 0) is 16.6 Å². The Kier molecular flexibility index (Phi) is 5.27. The van der Waals surface area contributed by atoms with Crippen LogP contribution in [0.25, 0.3) is 0 Å². The van der Waals surface area contributed by atoms with E-state index in [0.29, 0.717) is 16.7 Å². The molecular weight excluding hydrogens is 280 g/mol. The van der Waals surface area contributed by atoms with Crippen molar-refractivity contribution in [1.82, 2.24) is 10.0 Å². The summed E-state index contributed by atoms with van der Waals surface area (Å²) in [5, 5.41) is 3.47. The van der Waals surface area contributed by atoms with Crippen molar-refractivity contribution in [3.8, 4) is 0 Å². The minimum Gasteiger partial charge on any atom is -0.316 e. The molecule has 6 heteroatoms. The summed E-state index contributed by atoms with van der Waals surface area (Å²) in [5.41, 5.74) is 1.08. The largest absolute Gasteiger partial charge is 0.316 e. The second-order valence-electron chi connectivity index (χ2n) is 4.66. The zero-order chi connectivity index (χ0) is 13.7. The Morgan fingerprint density at radius 3 is 2.63 bits per heavy atom. The van der Waals surface area contributed by atoms with Gasteiger partial charge < -0.3 is 5.32 Å². The first-order valence-corrected chi connectivity index (χ1v) is 9.00. The molecule has 2 N–H and O–H groups in total. The van der Waals surface area contributed by atoms with Gasteiger partial charge in [0.15, 0.2) is 0 Å². The second-order valence-corrected chi connectivity index (χ2v) is 7.84. The van der Waals surface area contributed by atoms with Crippen molar-refractivity contribution in [1.29, 1.82) is 0 Å². The van der Waals surface area contributed by atoms with Gasteiger partial charge in [-0.15, -0.1) is 0 Å². The highest BCUT2D eigenvalue weighted by Crippen LogP contribution is 2.25. The molecule has 0 saturated carbocycles. The Labute approximate surface area is 119 Å². The van der Waals surface area contributed by atoms with Crippen LogP contribution in [0.3, 0.4) is 0 Å². The van der Waals surface area contributed by atoms with E-state index in [1.807, 2.05) is 30.9 Å². The maximum absolute atomic E-state index is 12.1. The van der Waals surface area contributed by atoms with Crippen molar-refractivity contribution in [2.45, 2.75) is 29.5 Å². The van der Waals surface area contributed by atoms with Crippen molar-refractivity contribution < 1.29 is 8.42 Å². The second kappa shape index (κ2) is 6.74. The Morgan fingerprint density at radius 1 is 1.32 bits per heavy atom. The van der Waals surface area contributed by atoms with Crippen LogP contribution < -0.4 is 10.0 Å². The van der Waals surface area contributed by atoms with Crippen LogP contribution in [0.5, 0.6) is 0 Å². The van der Waals surface area contributed by atoms with Crippen LogP contribution in [-0.4, -0.2) is 33.0 Å². The molecule has 0 spiro atoms. The lowest BCUT2D eigenvalue weighted by atomic mass is 10.2. The molecule has 4 nitrogen and oxygen atoms in total. The fraction of sp³-hybridized carbons (Fsp3) is 0.538. The van der Waals surface area contributed by atoms with Crippen LogP contribution in [0.4, 0.5) is 0 Å². The first-order valence-electron chi connectivity index (χ1n) is 6.46. The smallest absolute Gasteiger partial charge is 0.240 e. The predicted octanol–water partition coefficient (Wildman–Crippen LogP) is 1.58.